The first kappa shape index (κ1) is 16.8. The summed E-state index contributed by atoms with van der Waals surface area (Å²) < 4.78 is 58.1. The molecule has 1 aromatic carbocycles. The van der Waals surface area contributed by atoms with E-state index in [1.807, 2.05) is 0 Å². The number of esters is 1. The van der Waals surface area contributed by atoms with Crippen LogP contribution in [-0.2, 0) is 19.7 Å². The third-order valence-electron chi connectivity index (χ3n) is 3.44. The molecule has 1 saturated carbocycles. The highest BCUT2D eigenvalue weighted by atomic mass is 32.2. The average molecular weight is 334 g/mol. The summed E-state index contributed by atoms with van der Waals surface area (Å²) in [5.41, 5.74) is 0.268. The lowest BCUT2D eigenvalue weighted by atomic mass is 10.1. The second kappa shape index (κ2) is 6.27. The molecule has 0 amide bonds. The Hall–Kier alpha value is -1.58. The molecule has 0 aliphatic heterocycles. The zero-order valence-corrected chi connectivity index (χ0v) is 12.9. The molecule has 0 unspecified atom stereocenters. The zero-order chi connectivity index (χ0) is 16.5. The van der Waals surface area contributed by atoms with Crippen LogP contribution in [0.3, 0.4) is 0 Å². The quantitative estimate of drug-likeness (QED) is 0.780. The Bertz CT molecular complexity index is 681. The van der Waals surface area contributed by atoms with Crippen LogP contribution in [0.5, 0.6) is 0 Å². The number of ether oxygens (including phenoxy) is 1. The van der Waals surface area contributed by atoms with Gasteiger partial charge in [0.2, 0.25) is 0 Å². The van der Waals surface area contributed by atoms with E-state index >= 15 is 0 Å². The molecule has 122 valence electrons. The second-order valence-corrected chi connectivity index (χ2v) is 6.88. The van der Waals surface area contributed by atoms with Crippen molar-refractivity contribution in [2.75, 3.05) is 20.7 Å². The minimum atomic E-state index is -3.88. The number of nitrogens with one attached hydrogen (secondary N) is 1. The summed E-state index contributed by atoms with van der Waals surface area (Å²) in [6, 6.07) is 2.72. The van der Waals surface area contributed by atoms with Gasteiger partial charge >= 0.3 is 5.97 Å². The predicted octanol–water partition coefficient (Wildman–Crippen LogP) is 0.760. The highest BCUT2D eigenvalue weighted by molar-refractivity contribution is 7.87. The van der Waals surface area contributed by atoms with Crippen molar-refractivity contribution in [3.8, 4) is 0 Å². The smallest absolute Gasteiger partial charge is 0.321 e. The van der Waals surface area contributed by atoms with Crippen LogP contribution in [0.25, 0.3) is 0 Å². The van der Waals surface area contributed by atoms with Gasteiger partial charge in [0.15, 0.2) is 0 Å². The number of hydrogen-bond acceptors (Lipinski definition) is 4. The molecule has 1 N–H and O–H groups in total. The van der Waals surface area contributed by atoms with Gasteiger partial charge in [0.05, 0.1) is 7.11 Å². The van der Waals surface area contributed by atoms with Crippen LogP contribution in [0.15, 0.2) is 18.2 Å². The van der Waals surface area contributed by atoms with E-state index in [2.05, 4.69) is 9.46 Å². The van der Waals surface area contributed by atoms with E-state index in [9.17, 15) is 22.0 Å². The highest BCUT2D eigenvalue weighted by Crippen LogP contribution is 2.42. The minimum absolute atomic E-state index is 0.268. The van der Waals surface area contributed by atoms with E-state index in [4.69, 9.17) is 0 Å². The molecular formula is C13H16F2N2O4S. The lowest BCUT2D eigenvalue weighted by molar-refractivity contribution is -0.140. The van der Waals surface area contributed by atoms with Crippen LogP contribution >= 0.6 is 0 Å². The lowest BCUT2D eigenvalue weighted by Crippen LogP contribution is -2.42. The van der Waals surface area contributed by atoms with Crippen molar-refractivity contribution in [3.05, 3.63) is 35.4 Å². The van der Waals surface area contributed by atoms with Crippen LogP contribution in [0.4, 0.5) is 8.78 Å². The van der Waals surface area contributed by atoms with Gasteiger partial charge in [-0.05, 0) is 18.1 Å². The van der Waals surface area contributed by atoms with Crippen molar-refractivity contribution in [1.82, 2.24) is 9.03 Å². The van der Waals surface area contributed by atoms with Gasteiger partial charge in [-0.1, -0.05) is 6.07 Å². The van der Waals surface area contributed by atoms with Gasteiger partial charge in [0.1, 0.15) is 18.2 Å². The van der Waals surface area contributed by atoms with Crippen LogP contribution < -0.4 is 4.72 Å². The lowest BCUT2D eigenvalue weighted by Gasteiger charge is -2.16. The summed E-state index contributed by atoms with van der Waals surface area (Å²) in [5.74, 6) is -2.42. The molecule has 2 rings (SSSR count). The van der Waals surface area contributed by atoms with E-state index in [1.54, 1.807) is 0 Å². The number of nitrogens with zero attached hydrogens (tertiary/aromatic N) is 1. The molecule has 22 heavy (non-hydrogen) atoms. The molecule has 1 aliphatic rings. The van der Waals surface area contributed by atoms with Crippen molar-refractivity contribution in [2.24, 2.45) is 0 Å². The molecule has 1 fully saturated rings. The summed E-state index contributed by atoms with van der Waals surface area (Å²) in [5, 5.41) is 0. The average Bonchev–Trinajstić information content (AvgIpc) is 3.16. The predicted molar refractivity (Wildman–Crippen MR) is 74.2 cm³/mol. The summed E-state index contributed by atoms with van der Waals surface area (Å²) >= 11 is 0. The summed E-state index contributed by atoms with van der Waals surface area (Å²) in [6.07, 6.45) is 0.411. The van der Waals surface area contributed by atoms with E-state index in [0.717, 1.165) is 23.5 Å². The van der Waals surface area contributed by atoms with E-state index in [0.29, 0.717) is 6.42 Å². The van der Waals surface area contributed by atoms with E-state index < -0.39 is 40.4 Å². The minimum Gasteiger partial charge on any atom is -0.468 e. The van der Waals surface area contributed by atoms with Gasteiger partial charge in [-0.25, -0.2) is 8.78 Å². The number of hydrogen-bond donors (Lipinski definition) is 1. The molecule has 9 heteroatoms. The molecule has 6 nitrogen and oxygen atoms in total. The molecule has 1 aliphatic carbocycles. The molecule has 0 bridgehead atoms. The van der Waals surface area contributed by atoms with Gasteiger partial charge in [0.25, 0.3) is 10.2 Å². The van der Waals surface area contributed by atoms with Gasteiger partial charge in [0, 0.05) is 25.1 Å². The maximum Gasteiger partial charge on any atom is 0.321 e. The number of likely N-dealkylation sites (N-methyl/N-ethyl adjacent to an activating group) is 1. The number of carbonyl (C=O) groups excluding carboxylic acids is 1. The SMILES string of the molecule is COC(=O)CN(C)S(=O)(=O)N[C@@H]1C[C@H]1c1ccc(F)cc1F. The van der Waals surface area contributed by atoms with Crippen molar-refractivity contribution in [3.63, 3.8) is 0 Å². The summed E-state index contributed by atoms with van der Waals surface area (Å²) in [6.45, 7) is -0.422. The van der Waals surface area contributed by atoms with E-state index in [1.165, 1.54) is 13.1 Å². The molecule has 0 saturated heterocycles. The largest absolute Gasteiger partial charge is 0.468 e. The van der Waals surface area contributed by atoms with Crippen LogP contribution in [0.1, 0.15) is 17.9 Å². The number of rotatable bonds is 6. The fraction of sp³-hybridized carbons (Fsp3) is 0.462. The van der Waals surface area contributed by atoms with Gasteiger partial charge in [-0.15, -0.1) is 0 Å². The number of halogens is 2. The Morgan fingerprint density at radius 2 is 2.14 bits per heavy atom. The monoisotopic (exact) mass is 334 g/mol. The molecule has 2 atom stereocenters. The maximum atomic E-state index is 13.6. The fourth-order valence-corrected chi connectivity index (χ4v) is 3.18. The standard InChI is InChI=1S/C13H16F2N2O4S/c1-17(7-13(18)21-2)22(19,20)16-12-6-10(12)9-4-3-8(14)5-11(9)15/h3-5,10,12,16H,6-7H2,1-2H3/t10-,12+/m0/s1. The molecule has 1 aromatic rings. The number of benzene rings is 1. The molecule has 0 aromatic heterocycles. The molecular weight excluding hydrogens is 318 g/mol. The fourth-order valence-electron chi connectivity index (χ4n) is 2.08. The maximum absolute atomic E-state index is 13.6. The second-order valence-electron chi connectivity index (χ2n) is 5.07. The molecule has 0 spiro atoms. The van der Waals surface area contributed by atoms with Crippen molar-refractivity contribution >= 4 is 16.2 Å². The first-order valence-corrected chi connectivity index (χ1v) is 7.94. The van der Waals surface area contributed by atoms with Gasteiger partial charge in [-0.3, -0.25) is 4.79 Å². The normalized spacial score (nSPS) is 21.0. The Morgan fingerprint density at radius 1 is 1.45 bits per heavy atom. The first-order chi connectivity index (χ1) is 10.2. The summed E-state index contributed by atoms with van der Waals surface area (Å²) in [7, 11) is -1.49. The van der Waals surface area contributed by atoms with Crippen molar-refractivity contribution < 1.29 is 26.7 Å². The Kier molecular flexibility index (Phi) is 4.78. The molecule has 0 heterocycles. The van der Waals surface area contributed by atoms with Crippen molar-refractivity contribution in [2.45, 2.75) is 18.4 Å². The highest BCUT2D eigenvalue weighted by Gasteiger charge is 2.43. The number of carbonyl (C=O) groups is 1. The first-order valence-electron chi connectivity index (χ1n) is 6.50. The van der Waals surface area contributed by atoms with Crippen LogP contribution in [0.2, 0.25) is 0 Å². The Morgan fingerprint density at radius 3 is 2.73 bits per heavy atom. The van der Waals surface area contributed by atoms with Crippen molar-refractivity contribution in [1.29, 1.82) is 0 Å². The Balaban J connectivity index is 1.99. The third kappa shape index (κ3) is 3.79. The third-order valence-corrected chi connectivity index (χ3v) is 4.99. The van der Waals surface area contributed by atoms with Crippen LogP contribution in [0, 0.1) is 11.6 Å². The number of methoxy groups -OCH3 is 1. The zero-order valence-electron chi connectivity index (χ0n) is 12.0. The van der Waals surface area contributed by atoms with Crippen LogP contribution in [-0.4, -0.2) is 45.4 Å². The van der Waals surface area contributed by atoms with Gasteiger partial charge < -0.3 is 4.74 Å². The summed E-state index contributed by atoms with van der Waals surface area (Å²) in [4.78, 5) is 11.1. The topological polar surface area (TPSA) is 75.7 Å². The van der Waals surface area contributed by atoms with Gasteiger partial charge in [-0.2, -0.15) is 17.4 Å². The van der Waals surface area contributed by atoms with E-state index in [-0.39, 0.29) is 11.5 Å². The molecule has 0 radical (unpaired) electrons. The Labute approximate surface area is 127 Å².